The highest BCUT2D eigenvalue weighted by Gasteiger charge is 2.38. The maximum atomic E-state index is 11.4. The summed E-state index contributed by atoms with van der Waals surface area (Å²) in [4.78, 5) is 20.3. The number of carbonyl (C=O) groups is 2. The number of nitrogens with one attached hydrogen (secondary N) is 1. The molecule has 1 aliphatic rings. The molecule has 0 aliphatic carbocycles. The lowest BCUT2D eigenvalue weighted by atomic mass is 10.2. The summed E-state index contributed by atoms with van der Waals surface area (Å²) in [6, 6.07) is -0.0827. The zero-order chi connectivity index (χ0) is 17.0. The van der Waals surface area contributed by atoms with Crippen molar-refractivity contribution < 1.29 is 37.3 Å². The Morgan fingerprint density at radius 2 is 1.91 bits per heavy atom. The van der Waals surface area contributed by atoms with E-state index < -0.39 is 12.1 Å². The molecule has 1 heterocycles. The molecule has 0 radical (unpaired) electrons. The third-order valence-corrected chi connectivity index (χ3v) is 2.70. The van der Waals surface area contributed by atoms with Crippen LogP contribution in [-0.4, -0.2) is 55.6 Å². The molecule has 1 atom stereocenters. The van der Waals surface area contributed by atoms with Crippen LogP contribution in [0, 0.1) is 0 Å². The Morgan fingerprint density at radius 3 is 2.36 bits per heavy atom. The van der Waals surface area contributed by atoms with Crippen LogP contribution in [-0.2, 0) is 19.1 Å². The minimum Gasteiger partial charge on any atom is -0.475 e. The Kier molecular flexibility index (Phi) is 10.6. The number of hydrogen-bond acceptors (Lipinski definition) is 5. The summed E-state index contributed by atoms with van der Waals surface area (Å²) in [6.45, 7) is 4.69. The smallest absolute Gasteiger partial charge is 0.475 e. The predicted molar refractivity (Wildman–Crippen MR) is 71.4 cm³/mol. The van der Waals surface area contributed by atoms with Crippen LogP contribution in [0.4, 0.5) is 13.2 Å². The highest BCUT2D eigenvalue weighted by Crippen LogP contribution is 2.13. The van der Waals surface area contributed by atoms with Crippen LogP contribution in [0.5, 0.6) is 0 Å². The topological polar surface area (TPSA) is 84.9 Å². The summed E-state index contributed by atoms with van der Waals surface area (Å²) in [5, 5.41) is 10.2. The fourth-order valence-corrected chi connectivity index (χ4v) is 1.54. The van der Waals surface area contributed by atoms with Gasteiger partial charge in [-0.05, 0) is 25.8 Å². The zero-order valence-electron chi connectivity index (χ0n) is 12.4. The first-order chi connectivity index (χ1) is 10.3. The second-order valence-corrected chi connectivity index (χ2v) is 4.59. The summed E-state index contributed by atoms with van der Waals surface area (Å²) >= 11 is 0. The minimum absolute atomic E-state index is 0.0827. The first-order valence-electron chi connectivity index (χ1n) is 7.07. The van der Waals surface area contributed by atoms with Crippen molar-refractivity contribution in [1.29, 1.82) is 0 Å². The van der Waals surface area contributed by atoms with Crippen LogP contribution in [0.15, 0.2) is 0 Å². The Bertz CT molecular complexity index is 330. The number of carboxylic acid groups (broad SMARTS) is 1. The molecule has 1 rings (SSSR count). The van der Waals surface area contributed by atoms with Gasteiger partial charge in [0.2, 0.25) is 0 Å². The molecule has 0 aromatic carbocycles. The van der Waals surface area contributed by atoms with E-state index in [0.29, 0.717) is 13.2 Å². The van der Waals surface area contributed by atoms with E-state index in [0.717, 1.165) is 38.8 Å². The average Bonchev–Trinajstić information content (AvgIpc) is 2.96. The maximum absolute atomic E-state index is 11.4. The molecule has 0 bridgehead atoms. The molecule has 9 heteroatoms. The van der Waals surface area contributed by atoms with Gasteiger partial charge in [-0.2, -0.15) is 13.2 Å². The number of unbranched alkanes of at least 4 members (excludes halogenated alkanes) is 1. The van der Waals surface area contributed by atoms with Gasteiger partial charge in [0.1, 0.15) is 12.6 Å². The van der Waals surface area contributed by atoms with Crippen molar-refractivity contribution in [1.82, 2.24) is 5.32 Å². The summed E-state index contributed by atoms with van der Waals surface area (Å²) < 4.78 is 42.1. The first kappa shape index (κ1) is 20.6. The lowest BCUT2D eigenvalue weighted by Gasteiger charge is -2.10. The molecule has 0 aromatic rings. The van der Waals surface area contributed by atoms with E-state index in [1.807, 2.05) is 0 Å². The molecule has 130 valence electrons. The Labute approximate surface area is 127 Å². The Balaban J connectivity index is 0.000000534. The van der Waals surface area contributed by atoms with Gasteiger partial charge in [0.25, 0.3) is 0 Å². The molecule has 22 heavy (non-hydrogen) atoms. The van der Waals surface area contributed by atoms with Crippen LogP contribution >= 0.6 is 0 Å². The zero-order valence-corrected chi connectivity index (χ0v) is 12.4. The van der Waals surface area contributed by atoms with Crippen molar-refractivity contribution in [3.63, 3.8) is 0 Å². The Hall–Kier alpha value is -1.35. The molecule has 0 spiro atoms. The number of halogens is 3. The molecule has 2 N–H and O–H groups in total. The van der Waals surface area contributed by atoms with Gasteiger partial charge in [-0.15, -0.1) is 0 Å². The van der Waals surface area contributed by atoms with Crippen molar-refractivity contribution in [2.24, 2.45) is 0 Å². The highest BCUT2D eigenvalue weighted by molar-refractivity contribution is 5.76. The van der Waals surface area contributed by atoms with Crippen LogP contribution in [0.2, 0.25) is 0 Å². The SMILES string of the molecule is CCCCOCCOC(=O)[C@@H]1CCCN1.O=C(O)C(F)(F)F. The summed E-state index contributed by atoms with van der Waals surface area (Å²) in [5.74, 6) is -2.89. The molecule has 0 aromatic heterocycles. The van der Waals surface area contributed by atoms with Gasteiger partial charge >= 0.3 is 18.1 Å². The van der Waals surface area contributed by atoms with Crippen molar-refractivity contribution in [2.75, 3.05) is 26.4 Å². The van der Waals surface area contributed by atoms with Gasteiger partial charge in [0.05, 0.1) is 6.61 Å². The fraction of sp³-hybridized carbons (Fsp3) is 0.846. The first-order valence-corrected chi connectivity index (χ1v) is 7.07. The molecular formula is C13H22F3NO5. The highest BCUT2D eigenvalue weighted by atomic mass is 19.4. The number of aliphatic carboxylic acids is 1. The number of carbonyl (C=O) groups excluding carboxylic acids is 1. The van der Waals surface area contributed by atoms with Crippen LogP contribution in [0.1, 0.15) is 32.6 Å². The van der Waals surface area contributed by atoms with E-state index in [1.54, 1.807) is 0 Å². The molecule has 1 saturated heterocycles. The molecule has 1 fully saturated rings. The van der Waals surface area contributed by atoms with Crippen molar-refractivity contribution in [3.8, 4) is 0 Å². The number of esters is 1. The van der Waals surface area contributed by atoms with E-state index in [-0.39, 0.29) is 12.0 Å². The van der Waals surface area contributed by atoms with Gasteiger partial charge in [-0.3, -0.25) is 4.79 Å². The summed E-state index contributed by atoms with van der Waals surface area (Å²) in [7, 11) is 0. The third kappa shape index (κ3) is 10.4. The maximum Gasteiger partial charge on any atom is 0.490 e. The monoisotopic (exact) mass is 329 g/mol. The lowest BCUT2D eigenvalue weighted by Crippen LogP contribution is -2.33. The lowest BCUT2D eigenvalue weighted by molar-refractivity contribution is -0.192. The van der Waals surface area contributed by atoms with Crippen molar-refractivity contribution >= 4 is 11.9 Å². The fourth-order valence-electron chi connectivity index (χ4n) is 1.54. The largest absolute Gasteiger partial charge is 0.490 e. The van der Waals surface area contributed by atoms with Gasteiger partial charge in [0.15, 0.2) is 0 Å². The molecule has 0 amide bonds. The normalized spacial score (nSPS) is 17.5. The predicted octanol–water partition coefficient (Wildman–Crippen LogP) is 1.73. The number of ether oxygens (including phenoxy) is 2. The molecular weight excluding hydrogens is 307 g/mol. The third-order valence-electron chi connectivity index (χ3n) is 2.70. The second kappa shape index (κ2) is 11.2. The van der Waals surface area contributed by atoms with Crippen LogP contribution in [0.25, 0.3) is 0 Å². The number of carboxylic acids is 1. The molecule has 0 saturated carbocycles. The minimum atomic E-state index is -5.08. The van der Waals surface area contributed by atoms with E-state index in [2.05, 4.69) is 12.2 Å². The van der Waals surface area contributed by atoms with Gasteiger partial charge in [-0.25, -0.2) is 4.79 Å². The average molecular weight is 329 g/mol. The van der Waals surface area contributed by atoms with Crippen molar-refractivity contribution in [2.45, 2.75) is 44.8 Å². The van der Waals surface area contributed by atoms with Crippen LogP contribution in [0.3, 0.4) is 0 Å². The number of rotatable bonds is 7. The van der Waals surface area contributed by atoms with E-state index in [1.165, 1.54) is 0 Å². The van der Waals surface area contributed by atoms with E-state index in [4.69, 9.17) is 19.4 Å². The molecule has 6 nitrogen and oxygen atoms in total. The summed E-state index contributed by atoms with van der Waals surface area (Å²) in [5.41, 5.74) is 0. The Morgan fingerprint density at radius 1 is 1.27 bits per heavy atom. The van der Waals surface area contributed by atoms with Gasteiger partial charge in [-0.1, -0.05) is 13.3 Å². The second-order valence-electron chi connectivity index (χ2n) is 4.59. The van der Waals surface area contributed by atoms with Crippen molar-refractivity contribution in [3.05, 3.63) is 0 Å². The van der Waals surface area contributed by atoms with Gasteiger partial charge < -0.3 is 19.9 Å². The quantitative estimate of drug-likeness (QED) is 0.547. The van der Waals surface area contributed by atoms with E-state index >= 15 is 0 Å². The standard InChI is InChI=1S/C11H21NO3.C2HF3O2/c1-2-3-7-14-8-9-15-11(13)10-5-4-6-12-10;3-2(4,5)1(6)7/h10,12H,2-9H2,1H3;(H,6,7)/t10-;/m0./s1. The molecule has 0 unspecified atom stereocenters. The number of hydrogen-bond donors (Lipinski definition) is 2. The van der Waals surface area contributed by atoms with E-state index in [9.17, 15) is 18.0 Å². The number of alkyl halides is 3. The molecule has 1 aliphatic heterocycles. The summed E-state index contributed by atoms with van der Waals surface area (Å²) in [6.07, 6.45) is -0.924. The van der Waals surface area contributed by atoms with Crippen LogP contribution < -0.4 is 5.32 Å². The van der Waals surface area contributed by atoms with Gasteiger partial charge in [0, 0.05) is 6.61 Å².